The second kappa shape index (κ2) is 8.97. The molecule has 5 nitrogen and oxygen atoms in total. The van der Waals surface area contributed by atoms with Crippen LogP contribution < -0.4 is 10.6 Å². The molecule has 30 heavy (non-hydrogen) atoms. The second-order valence-electron chi connectivity index (χ2n) is 7.17. The zero-order chi connectivity index (χ0) is 20.9. The molecule has 1 aliphatic rings. The lowest BCUT2D eigenvalue weighted by atomic mass is 10.0. The third kappa shape index (κ3) is 4.44. The summed E-state index contributed by atoms with van der Waals surface area (Å²) >= 11 is 1.67. The fourth-order valence-corrected chi connectivity index (χ4v) is 4.21. The highest BCUT2D eigenvalue weighted by Gasteiger charge is 2.35. The van der Waals surface area contributed by atoms with Gasteiger partial charge in [0.1, 0.15) is 11.3 Å². The van der Waals surface area contributed by atoms with E-state index in [0.29, 0.717) is 12.8 Å². The van der Waals surface area contributed by atoms with E-state index in [9.17, 15) is 14.7 Å². The Kier molecular flexibility index (Phi) is 5.95. The molecule has 2 heterocycles. The lowest BCUT2D eigenvalue weighted by Crippen LogP contribution is -2.32. The van der Waals surface area contributed by atoms with Crippen LogP contribution >= 0.6 is 11.3 Å². The Morgan fingerprint density at radius 2 is 1.77 bits per heavy atom. The van der Waals surface area contributed by atoms with Gasteiger partial charge in [0.2, 0.25) is 0 Å². The normalized spacial score (nSPS) is 15.9. The summed E-state index contributed by atoms with van der Waals surface area (Å²) in [6.07, 6.45) is 1.23. The van der Waals surface area contributed by atoms with Gasteiger partial charge in [-0.1, -0.05) is 60.7 Å². The van der Waals surface area contributed by atoms with E-state index in [1.54, 1.807) is 11.3 Å². The van der Waals surface area contributed by atoms with Gasteiger partial charge in [0.15, 0.2) is 0 Å². The van der Waals surface area contributed by atoms with E-state index in [4.69, 9.17) is 0 Å². The minimum Gasteiger partial charge on any atom is -0.509 e. The van der Waals surface area contributed by atoms with Gasteiger partial charge in [0, 0.05) is 11.4 Å². The molecule has 1 aliphatic heterocycles. The van der Waals surface area contributed by atoms with Crippen molar-refractivity contribution >= 4 is 23.2 Å². The SMILES string of the molecule is O=C(NCc1ccc(-c2cccs2)cc1)C1=C(O)C(CCc2ccccc2)NC1=O. The van der Waals surface area contributed by atoms with Crippen molar-refractivity contribution in [3.05, 3.63) is 94.6 Å². The number of thiophene rings is 1. The first kappa shape index (κ1) is 19.9. The van der Waals surface area contributed by atoms with Crippen molar-refractivity contribution in [3.63, 3.8) is 0 Å². The average molecular weight is 419 g/mol. The summed E-state index contributed by atoms with van der Waals surface area (Å²) in [5, 5.41) is 17.9. The maximum Gasteiger partial charge on any atom is 0.261 e. The third-order valence-corrected chi connectivity index (χ3v) is 6.04. The largest absolute Gasteiger partial charge is 0.509 e. The highest BCUT2D eigenvalue weighted by atomic mass is 32.1. The Hall–Kier alpha value is -3.38. The molecule has 152 valence electrons. The van der Waals surface area contributed by atoms with Gasteiger partial charge in [-0.15, -0.1) is 11.3 Å². The van der Waals surface area contributed by atoms with E-state index in [1.807, 2.05) is 66.0 Å². The van der Waals surface area contributed by atoms with Crippen molar-refractivity contribution in [2.24, 2.45) is 0 Å². The van der Waals surface area contributed by atoms with Crippen LogP contribution in [-0.2, 0) is 22.6 Å². The lowest BCUT2D eigenvalue weighted by molar-refractivity contribution is -0.123. The van der Waals surface area contributed by atoms with Crippen molar-refractivity contribution in [2.75, 3.05) is 0 Å². The standard InChI is InChI=1S/C24H22N2O3S/c27-22-19(13-10-16-5-2-1-3-6-16)26-24(29)21(22)23(28)25-15-17-8-11-18(12-9-17)20-7-4-14-30-20/h1-9,11-12,14,19,27H,10,13,15H2,(H,25,28)(H,26,29). The molecule has 3 aromatic rings. The van der Waals surface area contributed by atoms with Crippen molar-refractivity contribution < 1.29 is 14.7 Å². The van der Waals surface area contributed by atoms with Crippen LogP contribution in [0.5, 0.6) is 0 Å². The second-order valence-corrected chi connectivity index (χ2v) is 8.12. The van der Waals surface area contributed by atoms with Crippen molar-refractivity contribution in [1.82, 2.24) is 10.6 Å². The van der Waals surface area contributed by atoms with Crippen LogP contribution in [0.4, 0.5) is 0 Å². The predicted molar refractivity (Wildman–Crippen MR) is 118 cm³/mol. The number of hydrogen-bond donors (Lipinski definition) is 3. The molecule has 1 aromatic heterocycles. The first-order chi connectivity index (χ1) is 14.6. The summed E-state index contributed by atoms with van der Waals surface area (Å²) in [7, 11) is 0. The minimum absolute atomic E-state index is 0.179. The Morgan fingerprint density at radius 1 is 1.00 bits per heavy atom. The molecule has 1 unspecified atom stereocenters. The van der Waals surface area contributed by atoms with Gasteiger partial charge in [-0.3, -0.25) is 9.59 Å². The topological polar surface area (TPSA) is 78.4 Å². The molecular weight excluding hydrogens is 396 g/mol. The van der Waals surface area contributed by atoms with Gasteiger partial charge in [-0.05, 0) is 41.0 Å². The summed E-state index contributed by atoms with van der Waals surface area (Å²) in [6, 6.07) is 21.3. The summed E-state index contributed by atoms with van der Waals surface area (Å²) in [5.74, 6) is -1.27. The number of hydrogen-bond acceptors (Lipinski definition) is 4. The molecule has 0 aliphatic carbocycles. The van der Waals surface area contributed by atoms with Gasteiger partial charge in [-0.25, -0.2) is 0 Å². The first-order valence-electron chi connectivity index (χ1n) is 9.81. The number of amides is 2. The van der Waals surface area contributed by atoms with Crippen LogP contribution in [-0.4, -0.2) is 23.0 Å². The Morgan fingerprint density at radius 3 is 2.47 bits per heavy atom. The predicted octanol–water partition coefficient (Wildman–Crippen LogP) is 3.97. The average Bonchev–Trinajstić information content (AvgIpc) is 3.40. The Balaban J connectivity index is 1.36. The first-order valence-corrected chi connectivity index (χ1v) is 10.7. The number of aryl methyl sites for hydroxylation is 1. The molecule has 0 spiro atoms. The fraction of sp³-hybridized carbons (Fsp3) is 0.167. The van der Waals surface area contributed by atoms with E-state index in [2.05, 4.69) is 16.7 Å². The molecule has 4 rings (SSSR count). The number of nitrogens with one attached hydrogen (secondary N) is 2. The number of carbonyl (C=O) groups excluding carboxylic acids is 2. The summed E-state index contributed by atoms with van der Waals surface area (Å²) in [6.45, 7) is 0.280. The van der Waals surface area contributed by atoms with E-state index >= 15 is 0 Å². The smallest absolute Gasteiger partial charge is 0.261 e. The zero-order valence-corrected chi connectivity index (χ0v) is 17.1. The van der Waals surface area contributed by atoms with Gasteiger partial charge in [0.25, 0.3) is 11.8 Å². The molecule has 0 fully saturated rings. The van der Waals surface area contributed by atoms with E-state index in [-0.39, 0.29) is 17.9 Å². The Bertz CT molecular complexity index is 1060. The van der Waals surface area contributed by atoms with E-state index in [0.717, 1.165) is 16.7 Å². The Labute approximate surface area is 179 Å². The van der Waals surface area contributed by atoms with Crippen LogP contribution in [0.3, 0.4) is 0 Å². The van der Waals surface area contributed by atoms with E-state index < -0.39 is 17.9 Å². The van der Waals surface area contributed by atoms with Crippen LogP contribution in [0.15, 0.2) is 83.4 Å². The van der Waals surface area contributed by atoms with E-state index in [1.165, 1.54) is 4.88 Å². The molecule has 0 saturated heterocycles. The summed E-state index contributed by atoms with van der Waals surface area (Å²) in [4.78, 5) is 26.0. The van der Waals surface area contributed by atoms with Crippen LogP contribution in [0.2, 0.25) is 0 Å². The summed E-state index contributed by atoms with van der Waals surface area (Å²) < 4.78 is 0. The van der Waals surface area contributed by atoms with Crippen LogP contribution in [0.25, 0.3) is 10.4 Å². The summed E-state index contributed by atoms with van der Waals surface area (Å²) in [5.41, 5.74) is 2.96. The molecule has 2 amide bonds. The minimum atomic E-state index is -0.561. The molecule has 0 bridgehead atoms. The van der Waals surface area contributed by atoms with Crippen molar-refractivity contribution in [1.29, 1.82) is 0 Å². The molecular formula is C24H22N2O3S. The van der Waals surface area contributed by atoms with Crippen LogP contribution in [0, 0.1) is 0 Å². The maximum absolute atomic E-state index is 12.5. The van der Waals surface area contributed by atoms with Gasteiger partial charge in [-0.2, -0.15) is 0 Å². The number of carbonyl (C=O) groups is 2. The van der Waals surface area contributed by atoms with Gasteiger partial charge in [0.05, 0.1) is 6.04 Å². The molecule has 2 aromatic carbocycles. The highest BCUT2D eigenvalue weighted by molar-refractivity contribution is 7.13. The molecule has 6 heteroatoms. The van der Waals surface area contributed by atoms with Crippen molar-refractivity contribution in [2.45, 2.75) is 25.4 Å². The number of aliphatic hydroxyl groups excluding tert-OH is 1. The molecule has 0 radical (unpaired) electrons. The fourth-order valence-electron chi connectivity index (χ4n) is 3.47. The van der Waals surface area contributed by atoms with Gasteiger partial charge >= 0.3 is 0 Å². The highest BCUT2D eigenvalue weighted by Crippen LogP contribution is 2.25. The van der Waals surface area contributed by atoms with Crippen molar-refractivity contribution in [3.8, 4) is 10.4 Å². The quantitative estimate of drug-likeness (QED) is 0.508. The monoisotopic (exact) mass is 418 g/mol. The van der Waals surface area contributed by atoms with Crippen LogP contribution in [0.1, 0.15) is 17.5 Å². The lowest BCUT2D eigenvalue weighted by Gasteiger charge is -2.10. The number of rotatable bonds is 7. The molecule has 3 N–H and O–H groups in total. The molecule has 0 saturated carbocycles. The molecule has 1 atom stereocenters. The zero-order valence-electron chi connectivity index (χ0n) is 16.3. The maximum atomic E-state index is 12.5. The third-order valence-electron chi connectivity index (χ3n) is 5.12. The number of aliphatic hydroxyl groups is 1. The number of benzene rings is 2. The van der Waals surface area contributed by atoms with Gasteiger partial charge < -0.3 is 15.7 Å².